The van der Waals surface area contributed by atoms with Crippen molar-refractivity contribution in [1.29, 1.82) is 0 Å². The Bertz CT molecular complexity index is 1240. The van der Waals surface area contributed by atoms with E-state index in [0.29, 0.717) is 18.3 Å². The first-order valence-electron chi connectivity index (χ1n) is 17.3. The zero-order chi connectivity index (χ0) is 30.1. The van der Waals surface area contributed by atoms with Gasteiger partial charge in [0.2, 0.25) is 5.91 Å². The van der Waals surface area contributed by atoms with E-state index in [-0.39, 0.29) is 22.6 Å². The fraction of sp³-hybridized carbons (Fsp3) is 0.595. The van der Waals surface area contributed by atoms with Gasteiger partial charge in [-0.05, 0) is 49.8 Å². The summed E-state index contributed by atoms with van der Waals surface area (Å²) < 4.78 is -0.0409. The molecule has 3 amide bonds. The monoisotopic (exact) mass is 585 g/mol. The predicted octanol–water partition coefficient (Wildman–Crippen LogP) is 10.2. The molecule has 2 aromatic carbocycles. The molecule has 0 spiro atoms. The highest BCUT2D eigenvalue weighted by atomic mass is 16.2. The number of hydrogen-bond donors (Lipinski definition) is 2. The normalized spacial score (nSPS) is 23.2. The van der Waals surface area contributed by atoms with Crippen LogP contribution in [0.5, 0.6) is 0 Å². The van der Waals surface area contributed by atoms with Crippen LogP contribution in [0.25, 0.3) is 0 Å². The first-order valence-corrected chi connectivity index (χ1v) is 17.3. The third kappa shape index (κ3) is 7.75. The minimum Gasteiger partial charge on any atom is -0.326 e. The van der Waals surface area contributed by atoms with Crippen molar-refractivity contribution in [3.05, 3.63) is 54.1 Å². The lowest BCUT2D eigenvalue weighted by atomic mass is 9.83. The van der Waals surface area contributed by atoms with Gasteiger partial charge in [-0.2, -0.15) is 0 Å². The van der Waals surface area contributed by atoms with Crippen molar-refractivity contribution in [2.75, 3.05) is 10.6 Å². The highest BCUT2D eigenvalue weighted by molar-refractivity contribution is 6.13. The van der Waals surface area contributed by atoms with Crippen LogP contribution in [0.2, 0.25) is 0 Å². The maximum Gasteiger partial charge on any atom is 0.452 e. The summed E-state index contributed by atoms with van der Waals surface area (Å²) in [5.74, 6) is 0.664. The van der Waals surface area contributed by atoms with E-state index < -0.39 is 0 Å². The second-order valence-corrected chi connectivity index (χ2v) is 13.6. The van der Waals surface area contributed by atoms with E-state index in [2.05, 4.69) is 36.6 Å². The molecule has 2 fully saturated rings. The fourth-order valence-corrected chi connectivity index (χ4v) is 7.47. The van der Waals surface area contributed by atoms with Gasteiger partial charge in [0.25, 0.3) is 0 Å². The first-order chi connectivity index (χ1) is 21.0. The number of nitrogens with one attached hydrogen (secondary N) is 2. The third-order valence-electron chi connectivity index (χ3n) is 9.75. The highest BCUT2D eigenvalue weighted by Crippen LogP contribution is 2.40. The number of benzene rings is 2. The zero-order valence-corrected chi connectivity index (χ0v) is 26.6. The van der Waals surface area contributed by atoms with Crippen LogP contribution < -0.4 is 15.2 Å². The number of urea groups is 1. The second kappa shape index (κ2) is 15.1. The van der Waals surface area contributed by atoms with Crippen LogP contribution in [-0.4, -0.2) is 23.7 Å². The average molecular weight is 586 g/mol. The van der Waals surface area contributed by atoms with Gasteiger partial charge >= 0.3 is 6.03 Å². The van der Waals surface area contributed by atoms with Crippen LogP contribution >= 0.6 is 0 Å². The minimum atomic E-state index is -0.0630. The molecule has 1 unspecified atom stereocenters. The van der Waals surface area contributed by atoms with Crippen molar-refractivity contribution >= 4 is 34.7 Å². The molecule has 2 saturated carbocycles. The summed E-state index contributed by atoms with van der Waals surface area (Å²) in [7, 11) is 0. The molecule has 0 bridgehead atoms. The number of anilines is 2. The molecule has 0 radical (unpaired) electrons. The lowest BCUT2D eigenvalue weighted by molar-refractivity contribution is -0.116. The molecule has 1 atom stereocenters. The van der Waals surface area contributed by atoms with Crippen LogP contribution in [0.3, 0.4) is 0 Å². The van der Waals surface area contributed by atoms with Gasteiger partial charge < -0.3 is 5.32 Å². The summed E-state index contributed by atoms with van der Waals surface area (Å²) in [4.78, 5) is 27.3. The Morgan fingerprint density at radius 1 is 0.814 bits per heavy atom. The van der Waals surface area contributed by atoms with Gasteiger partial charge in [-0.25, -0.2) is 4.79 Å². The summed E-state index contributed by atoms with van der Waals surface area (Å²) in [5.41, 5.74) is 4.70. The molecule has 0 aromatic heterocycles. The summed E-state index contributed by atoms with van der Waals surface area (Å²) in [6.45, 7) is 4.11. The van der Waals surface area contributed by atoms with E-state index in [1.165, 1.54) is 64.2 Å². The maximum atomic E-state index is 14.8. The molecule has 5 rings (SSSR count). The number of carbonyl (C=O) groups is 2. The smallest absolute Gasteiger partial charge is 0.326 e. The molecule has 43 heavy (non-hydrogen) atoms. The Labute approximate surface area is 259 Å². The number of quaternary nitrogens is 1. The molecule has 6 nitrogen and oxygen atoms in total. The topological polar surface area (TPSA) is 70.6 Å². The number of rotatable bonds is 6. The summed E-state index contributed by atoms with van der Waals surface area (Å²) in [6, 6.07) is 16.3. The van der Waals surface area contributed by atoms with E-state index in [4.69, 9.17) is 5.10 Å². The van der Waals surface area contributed by atoms with Crippen molar-refractivity contribution in [2.45, 2.75) is 129 Å². The second-order valence-electron chi connectivity index (χ2n) is 13.6. The maximum absolute atomic E-state index is 14.8. The zero-order valence-electron chi connectivity index (χ0n) is 26.6. The van der Waals surface area contributed by atoms with E-state index in [1.54, 1.807) is 0 Å². The van der Waals surface area contributed by atoms with Crippen molar-refractivity contribution < 1.29 is 9.59 Å². The van der Waals surface area contributed by atoms with Crippen molar-refractivity contribution in [1.82, 2.24) is 4.59 Å². The van der Waals surface area contributed by atoms with Gasteiger partial charge in [0, 0.05) is 48.6 Å². The Balaban J connectivity index is 1.61. The average Bonchev–Trinajstić information content (AvgIpc) is 3.12. The Morgan fingerprint density at radius 2 is 1.37 bits per heavy atom. The fourth-order valence-electron chi connectivity index (χ4n) is 7.47. The quantitative estimate of drug-likeness (QED) is 0.331. The molecule has 6 heteroatoms. The first kappa shape index (κ1) is 31.4. The number of amides is 3. The standard InChI is InChI=1S/C37H52N4O2/c1-28(2)27-35(42)38-30-23-25-32(26-24-30)41(31-19-13-8-6-4-3-5-7-9-14-20-31)37(43)39-34-22-16-15-21-33(34)36(40-41)29-17-11-10-12-18-29/h15-16,21-26,28-29,31H,3-14,17-20,27H2,1-2H3,(H-,38,39,40,42,43)/p+1. The number of hydrogen-bond acceptors (Lipinski definition) is 3. The van der Waals surface area contributed by atoms with Crippen LogP contribution in [0.4, 0.5) is 21.9 Å². The van der Waals surface area contributed by atoms with Gasteiger partial charge in [0.15, 0.2) is 5.69 Å². The van der Waals surface area contributed by atoms with Crippen molar-refractivity contribution in [3.8, 4) is 0 Å². The molecule has 0 saturated heterocycles. The lowest BCUT2D eigenvalue weighted by Crippen LogP contribution is -2.59. The van der Waals surface area contributed by atoms with Gasteiger partial charge in [0.1, 0.15) is 11.8 Å². The number of carbonyl (C=O) groups excluding carboxylic acids is 2. The summed E-state index contributed by atoms with van der Waals surface area (Å²) in [5, 5.41) is 12.1. The Hall–Kier alpha value is -2.99. The van der Waals surface area contributed by atoms with Gasteiger partial charge in [-0.15, -0.1) is 0 Å². The number of para-hydroxylation sites is 1. The molecule has 2 aromatic rings. The molecule has 2 aliphatic carbocycles. The Kier molecular flexibility index (Phi) is 11.1. The van der Waals surface area contributed by atoms with Crippen LogP contribution in [0.15, 0.2) is 53.6 Å². The number of nitrogens with zero attached hydrogens (tertiary/aromatic N) is 2. The molecular formula is C37H53N4O2+. The summed E-state index contributed by atoms with van der Waals surface area (Å²) in [6.07, 6.45) is 19.5. The Morgan fingerprint density at radius 3 is 2.00 bits per heavy atom. The largest absolute Gasteiger partial charge is 0.452 e. The van der Waals surface area contributed by atoms with Crippen LogP contribution in [0, 0.1) is 11.8 Å². The molecule has 232 valence electrons. The molecule has 1 heterocycles. The van der Waals surface area contributed by atoms with Crippen molar-refractivity contribution in [2.24, 2.45) is 16.9 Å². The third-order valence-corrected chi connectivity index (χ3v) is 9.75. The van der Waals surface area contributed by atoms with Gasteiger partial charge in [-0.1, -0.05) is 106 Å². The van der Waals surface area contributed by atoms with Gasteiger partial charge in [0.05, 0.1) is 5.69 Å². The summed E-state index contributed by atoms with van der Waals surface area (Å²) >= 11 is 0. The highest BCUT2D eigenvalue weighted by Gasteiger charge is 2.50. The molecule has 2 N–H and O–H groups in total. The predicted molar refractivity (Wildman–Crippen MR) is 179 cm³/mol. The van der Waals surface area contributed by atoms with Crippen molar-refractivity contribution in [3.63, 3.8) is 0 Å². The molecule has 1 aliphatic heterocycles. The van der Waals surface area contributed by atoms with E-state index >= 15 is 0 Å². The van der Waals surface area contributed by atoms with E-state index in [9.17, 15) is 9.59 Å². The molecular weight excluding hydrogens is 532 g/mol. The lowest BCUT2D eigenvalue weighted by Gasteiger charge is -2.37. The van der Waals surface area contributed by atoms with Crippen LogP contribution in [0.1, 0.15) is 129 Å². The van der Waals surface area contributed by atoms with Gasteiger partial charge in [-0.3, -0.25) is 10.1 Å². The van der Waals surface area contributed by atoms with E-state index in [1.807, 2.05) is 36.4 Å². The number of fused-ring (bicyclic) bond motifs is 1. The minimum absolute atomic E-state index is 0.0199. The SMILES string of the molecule is CC(C)CC(=O)Nc1ccc([N+]2(C3CCCCCCCCCCC3)N=C(C3CCCCC3)c3ccccc3NC2=O)cc1. The molecule has 3 aliphatic rings. The van der Waals surface area contributed by atoms with E-state index in [0.717, 1.165) is 66.9 Å². The van der Waals surface area contributed by atoms with Crippen LogP contribution in [-0.2, 0) is 4.79 Å².